The molecule has 0 bridgehead atoms. The molecular formula is C27H29FN4O. The molecule has 0 radical (unpaired) electrons. The van der Waals surface area contributed by atoms with E-state index in [0.717, 1.165) is 40.9 Å². The van der Waals surface area contributed by atoms with Crippen LogP contribution in [0.3, 0.4) is 0 Å². The molecule has 0 spiro atoms. The Bertz CT molecular complexity index is 1160. The zero-order valence-electron chi connectivity index (χ0n) is 19.0. The zero-order chi connectivity index (χ0) is 23.0. The Hall–Kier alpha value is -3.51. The lowest BCUT2D eigenvalue weighted by Gasteiger charge is -2.14. The maximum absolute atomic E-state index is 14.8. The van der Waals surface area contributed by atoms with E-state index < -0.39 is 0 Å². The van der Waals surface area contributed by atoms with Gasteiger partial charge in [0.25, 0.3) is 0 Å². The van der Waals surface area contributed by atoms with Gasteiger partial charge < -0.3 is 10.1 Å². The summed E-state index contributed by atoms with van der Waals surface area (Å²) in [6, 6.07) is 19.1. The van der Waals surface area contributed by atoms with Crippen molar-refractivity contribution in [3.63, 3.8) is 0 Å². The average Bonchev–Trinajstić information content (AvgIpc) is 3.29. The van der Waals surface area contributed by atoms with Gasteiger partial charge in [-0.05, 0) is 55.3 Å². The smallest absolute Gasteiger partial charge is 0.165 e. The van der Waals surface area contributed by atoms with Crippen LogP contribution in [0.4, 0.5) is 4.39 Å². The summed E-state index contributed by atoms with van der Waals surface area (Å²) in [7, 11) is 0. The summed E-state index contributed by atoms with van der Waals surface area (Å²) in [5.41, 5.74) is 4.49. The summed E-state index contributed by atoms with van der Waals surface area (Å²) in [5.74, 6) is -0.0972. The summed E-state index contributed by atoms with van der Waals surface area (Å²) in [6.07, 6.45) is 7.52. The standard InChI is InChI=1S/C27H29FN4O/c1-3-4-15-33-26-13-12-21(16-25(26)28)27-23(18-30-20(2)22-9-8-14-29-17-22)19-32(31-27)24-10-6-5-7-11-24/h5-14,16-17,19-20,30H,3-4,15,18H2,1-2H3/t20-/m0/s1. The third-order valence-electron chi connectivity index (χ3n) is 5.55. The Morgan fingerprint density at radius 1 is 1.09 bits per heavy atom. The highest BCUT2D eigenvalue weighted by Gasteiger charge is 2.16. The molecule has 0 saturated heterocycles. The van der Waals surface area contributed by atoms with Gasteiger partial charge in [-0.25, -0.2) is 9.07 Å². The molecule has 0 aliphatic rings. The molecule has 4 aromatic rings. The number of benzene rings is 2. The fraction of sp³-hybridized carbons (Fsp3) is 0.259. The Morgan fingerprint density at radius 2 is 1.94 bits per heavy atom. The first kappa shape index (κ1) is 22.7. The molecule has 0 amide bonds. The molecule has 1 atom stereocenters. The molecule has 5 nitrogen and oxygen atoms in total. The van der Waals surface area contributed by atoms with E-state index in [1.54, 1.807) is 12.3 Å². The van der Waals surface area contributed by atoms with Gasteiger partial charge in [0.1, 0.15) is 0 Å². The van der Waals surface area contributed by atoms with Crippen molar-refractivity contribution in [3.8, 4) is 22.7 Å². The molecule has 1 N–H and O–H groups in total. The number of hydrogen-bond acceptors (Lipinski definition) is 4. The second kappa shape index (κ2) is 10.9. The minimum atomic E-state index is -0.375. The highest BCUT2D eigenvalue weighted by Crippen LogP contribution is 2.29. The summed E-state index contributed by atoms with van der Waals surface area (Å²) in [5, 5.41) is 8.34. The van der Waals surface area contributed by atoms with Crippen molar-refractivity contribution in [2.24, 2.45) is 0 Å². The maximum atomic E-state index is 14.8. The van der Waals surface area contributed by atoms with Crippen molar-refractivity contribution < 1.29 is 9.13 Å². The van der Waals surface area contributed by atoms with Crippen LogP contribution in [0.5, 0.6) is 5.75 Å². The number of halogens is 1. The largest absolute Gasteiger partial charge is 0.491 e. The van der Waals surface area contributed by atoms with Crippen molar-refractivity contribution in [2.75, 3.05) is 6.61 Å². The quantitative estimate of drug-likeness (QED) is 0.300. The number of rotatable bonds is 10. The average molecular weight is 445 g/mol. The molecule has 33 heavy (non-hydrogen) atoms. The number of hydrogen-bond donors (Lipinski definition) is 1. The minimum Gasteiger partial charge on any atom is -0.491 e. The van der Waals surface area contributed by atoms with Crippen LogP contribution in [0, 0.1) is 5.82 Å². The van der Waals surface area contributed by atoms with E-state index in [9.17, 15) is 4.39 Å². The Morgan fingerprint density at radius 3 is 2.67 bits per heavy atom. The monoisotopic (exact) mass is 444 g/mol. The predicted molar refractivity (Wildman–Crippen MR) is 129 cm³/mol. The molecule has 0 aliphatic carbocycles. The first-order valence-electron chi connectivity index (χ1n) is 11.4. The number of para-hydroxylation sites is 1. The second-order valence-corrected chi connectivity index (χ2v) is 8.02. The van der Waals surface area contributed by atoms with E-state index >= 15 is 0 Å². The van der Waals surface area contributed by atoms with Gasteiger partial charge in [0.2, 0.25) is 0 Å². The third-order valence-corrected chi connectivity index (χ3v) is 5.55. The van der Waals surface area contributed by atoms with E-state index in [-0.39, 0.29) is 17.6 Å². The van der Waals surface area contributed by atoms with Crippen LogP contribution in [0.15, 0.2) is 79.3 Å². The van der Waals surface area contributed by atoms with Crippen molar-refractivity contribution in [1.82, 2.24) is 20.1 Å². The van der Waals surface area contributed by atoms with Gasteiger partial charge in [0, 0.05) is 42.3 Å². The SMILES string of the molecule is CCCCOc1ccc(-c2nn(-c3ccccc3)cc2CN[C@@H](C)c2cccnc2)cc1F. The number of unbranched alkanes of at least 4 members (excludes halogenated alkanes) is 1. The van der Waals surface area contributed by atoms with Crippen molar-refractivity contribution in [2.45, 2.75) is 39.3 Å². The normalized spacial score (nSPS) is 12.0. The van der Waals surface area contributed by atoms with Gasteiger partial charge in [-0.15, -0.1) is 0 Å². The molecule has 6 heteroatoms. The molecule has 0 aliphatic heterocycles. The lowest BCUT2D eigenvalue weighted by molar-refractivity contribution is 0.294. The van der Waals surface area contributed by atoms with Crippen LogP contribution in [-0.4, -0.2) is 21.4 Å². The first-order valence-corrected chi connectivity index (χ1v) is 11.4. The van der Waals surface area contributed by atoms with Crippen LogP contribution >= 0.6 is 0 Å². The van der Waals surface area contributed by atoms with Crippen LogP contribution in [0.1, 0.15) is 43.9 Å². The minimum absolute atomic E-state index is 0.109. The molecular weight excluding hydrogens is 415 g/mol. The fourth-order valence-electron chi connectivity index (χ4n) is 3.60. The summed E-state index contributed by atoms with van der Waals surface area (Å²) in [4.78, 5) is 4.20. The predicted octanol–water partition coefficient (Wildman–Crippen LogP) is 6.10. The van der Waals surface area contributed by atoms with Gasteiger partial charge in [-0.1, -0.05) is 37.6 Å². The van der Waals surface area contributed by atoms with Crippen LogP contribution in [-0.2, 0) is 6.54 Å². The number of aromatic nitrogens is 3. The fourth-order valence-corrected chi connectivity index (χ4v) is 3.60. The van der Waals surface area contributed by atoms with Gasteiger partial charge >= 0.3 is 0 Å². The second-order valence-electron chi connectivity index (χ2n) is 8.02. The van der Waals surface area contributed by atoms with E-state index in [0.29, 0.717) is 13.2 Å². The van der Waals surface area contributed by atoms with Gasteiger partial charge in [-0.2, -0.15) is 5.10 Å². The van der Waals surface area contributed by atoms with Crippen LogP contribution < -0.4 is 10.1 Å². The molecule has 2 heterocycles. The van der Waals surface area contributed by atoms with Crippen molar-refractivity contribution in [1.29, 1.82) is 0 Å². The van der Waals surface area contributed by atoms with Gasteiger partial charge in [0.05, 0.1) is 18.0 Å². The molecule has 0 saturated carbocycles. The summed E-state index contributed by atoms with van der Waals surface area (Å²) >= 11 is 0. The van der Waals surface area contributed by atoms with Crippen LogP contribution in [0.2, 0.25) is 0 Å². The Kier molecular flexibility index (Phi) is 7.47. The number of nitrogens with one attached hydrogen (secondary N) is 1. The maximum Gasteiger partial charge on any atom is 0.165 e. The van der Waals surface area contributed by atoms with E-state index in [2.05, 4.69) is 24.1 Å². The van der Waals surface area contributed by atoms with Crippen molar-refractivity contribution >= 4 is 0 Å². The van der Waals surface area contributed by atoms with Gasteiger partial charge in [0.15, 0.2) is 11.6 Å². The Balaban J connectivity index is 1.62. The lowest BCUT2D eigenvalue weighted by Crippen LogP contribution is -2.18. The molecule has 2 aromatic carbocycles. The number of pyridine rings is 1. The molecule has 4 rings (SSSR count). The highest BCUT2D eigenvalue weighted by atomic mass is 19.1. The highest BCUT2D eigenvalue weighted by molar-refractivity contribution is 5.64. The molecule has 2 aromatic heterocycles. The molecule has 170 valence electrons. The number of nitrogens with zero attached hydrogens (tertiary/aromatic N) is 3. The third kappa shape index (κ3) is 5.65. The first-order chi connectivity index (χ1) is 16.2. The molecule has 0 fully saturated rings. The summed E-state index contributed by atoms with van der Waals surface area (Å²) < 4.78 is 22.2. The Labute approximate surface area is 194 Å². The van der Waals surface area contributed by atoms with E-state index in [4.69, 9.17) is 9.84 Å². The van der Waals surface area contributed by atoms with Crippen LogP contribution in [0.25, 0.3) is 16.9 Å². The van der Waals surface area contributed by atoms with E-state index in [1.165, 1.54) is 6.07 Å². The van der Waals surface area contributed by atoms with Gasteiger partial charge in [-0.3, -0.25) is 4.98 Å². The zero-order valence-corrected chi connectivity index (χ0v) is 19.0. The lowest BCUT2D eigenvalue weighted by atomic mass is 10.1. The van der Waals surface area contributed by atoms with E-state index in [1.807, 2.05) is 65.6 Å². The summed E-state index contributed by atoms with van der Waals surface area (Å²) in [6.45, 7) is 5.27. The molecule has 0 unspecified atom stereocenters. The number of ether oxygens (including phenoxy) is 1. The van der Waals surface area contributed by atoms with Crippen molar-refractivity contribution in [3.05, 3.63) is 96.2 Å². The topological polar surface area (TPSA) is 52.0 Å².